The van der Waals surface area contributed by atoms with E-state index in [2.05, 4.69) is 22.6 Å². The normalized spacial score (nSPS) is 32.1. The number of amides is 1. The van der Waals surface area contributed by atoms with Crippen LogP contribution in [0.2, 0.25) is 0 Å². The van der Waals surface area contributed by atoms with Crippen molar-refractivity contribution in [3.05, 3.63) is 0 Å². The van der Waals surface area contributed by atoms with E-state index < -0.39 is 0 Å². The highest BCUT2D eigenvalue weighted by Crippen LogP contribution is 2.13. The standard InChI is InChI=1S/C10H19N3OS/c1-13-3-2-8(5-13)4-11-10(14)9-6-15-7-12-9/h8-9,12H,2-7H2,1H3,(H,11,14). The third-order valence-corrected chi connectivity index (χ3v) is 4.03. The van der Waals surface area contributed by atoms with Crippen LogP contribution in [-0.4, -0.2) is 55.2 Å². The van der Waals surface area contributed by atoms with Crippen LogP contribution in [0.15, 0.2) is 0 Å². The molecule has 0 aromatic rings. The molecule has 86 valence electrons. The summed E-state index contributed by atoms with van der Waals surface area (Å²) in [6.45, 7) is 3.12. The quantitative estimate of drug-likeness (QED) is 0.698. The van der Waals surface area contributed by atoms with Gasteiger partial charge in [0.2, 0.25) is 5.91 Å². The molecule has 1 amide bonds. The SMILES string of the molecule is CN1CCC(CNC(=O)C2CSCN2)C1. The van der Waals surface area contributed by atoms with Crippen LogP contribution in [0.1, 0.15) is 6.42 Å². The molecule has 5 heteroatoms. The van der Waals surface area contributed by atoms with Crippen molar-refractivity contribution in [2.45, 2.75) is 12.5 Å². The Morgan fingerprint density at radius 1 is 1.67 bits per heavy atom. The number of thioether (sulfide) groups is 1. The molecule has 2 atom stereocenters. The average molecular weight is 229 g/mol. The number of carbonyl (C=O) groups excluding carboxylic acids is 1. The Morgan fingerprint density at radius 2 is 2.53 bits per heavy atom. The predicted molar refractivity (Wildman–Crippen MR) is 62.9 cm³/mol. The Bertz CT molecular complexity index is 231. The molecule has 0 aromatic carbocycles. The molecule has 2 unspecified atom stereocenters. The Balaban J connectivity index is 1.66. The van der Waals surface area contributed by atoms with Crippen LogP contribution in [0.3, 0.4) is 0 Å². The molecule has 0 radical (unpaired) electrons. The molecule has 0 aromatic heterocycles. The smallest absolute Gasteiger partial charge is 0.238 e. The average Bonchev–Trinajstić information content (AvgIpc) is 2.84. The van der Waals surface area contributed by atoms with Crippen LogP contribution in [-0.2, 0) is 4.79 Å². The number of rotatable bonds is 3. The molecule has 2 N–H and O–H groups in total. The van der Waals surface area contributed by atoms with Gasteiger partial charge in [0.1, 0.15) is 0 Å². The fourth-order valence-corrected chi connectivity index (χ4v) is 3.07. The maximum absolute atomic E-state index is 11.7. The molecular formula is C10H19N3OS. The molecule has 0 aliphatic carbocycles. The lowest BCUT2D eigenvalue weighted by Gasteiger charge is -2.14. The summed E-state index contributed by atoms with van der Waals surface area (Å²) in [5.74, 6) is 2.64. The van der Waals surface area contributed by atoms with Crippen LogP contribution in [0.4, 0.5) is 0 Å². The van der Waals surface area contributed by atoms with E-state index in [4.69, 9.17) is 0 Å². The Labute approximate surface area is 95.2 Å². The Morgan fingerprint density at radius 3 is 3.13 bits per heavy atom. The molecule has 0 spiro atoms. The van der Waals surface area contributed by atoms with Gasteiger partial charge in [-0.25, -0.2) is 0 Å². The predicted octanol–water partition coefficient (Wildman–Crippen LogP) is -0.283. The molecule has 2 heterocycles. The van der Waals surface area contributed by atoms with E-state index in [0.717, 1.165) is 31.3 Å². The second kappa shape index (κ2) is 5.18. The number of likely N-dealkylation sites (tertiary alicyclic amines) is 1. The molecule has 2 aliphatic heterocycles. The van der Waals surface area contributed by atoms with Crippen molar-refractivity contribution < 1.29 is 4.79 Å². The summed E-state index contributed by atoms with van der Waals surface area (Å²) in [7, 11) is 2.14. The largest absolute Gasteiger partial charge is 0.354 e. The summed E-state index contributed by atoms with van der Waals surface area (Å²) >= 11 is 1.79. The number of carbonyl (C=O) groups is 1. The van der Waals surface area contributed by atoms with Crippen LogP contribution in [0.25, 0.3) is 0 Å². The summed E-state index contributed by atoms with van der Waals surface area (Å²) < 4.78 is 0. The number of hydrogen-bond donors (Lipinski definition) is 2. The molecule has 2 rings (SSSR count). The van der Waals surface area contributed by atoms with Crippen molar-refractivity contribution in [2.75, 3.05) is 38.3 Å². The molecular weight excluding hydrogens is 210 g/mol. The maximum atomic E-state index is 11.7. The van der Waals surface area contributed by atoms with E-state index in [0.29, 0.717) is 5.92 Å². The van der Waals surface area contributed by atoms with E-state index >= 15 is 0 Å². The molecule has 0 saturated carbocycles. The fraction of sp³-hybridized carbons (Fsp3) is 0.900. The molecule has 15 heavy (non-hydrogen) atoms. The number of nitrogens with one attached hydrogen (secondary N) is 2. The first kappa shape index (κ1) is 11.2. The zero-order valence-electron chi connectivity index (χ0n) is 9.16. The van der Waals surface area contributed by atoms with Gasteiger partial charge in [-0.3, -0.25) is 10.1 Å². The van der Waals surface area contributed by atoms with Gasteiger partial charge in [-0.05, 0) is 25.9 Å². The first-order chi connectivity index (χ1) is 7.25. The van der Waals surface area contributed by atoms with Crippen molar-refractivity contribution >= 4 is 17.7 Å². The van der Waals surface area contributed by atoms with Crippen molar-refractivity contribution in [3.8, 4) is 0 Å². The molecule has 4 nitrogen and oxygen atoms in total. The van der Waals surface area contributed by atoms with Gasteiger partial charge in [0, 0.05) is 24.7 Å². The van der Waals surface area contributed by atoms with Crippen LogP contribution in [0.5, 0.6) is 0 Å². The van der Waals surface area contributed by atoms with Gasteiger partial charge in [-0.15, -0.1) is 11.8 Å². The minimum absolute atomic E-state index is 0.0362. The number of nitrogens with zero attached hydrogens (tertiary/aromatic N) is 1. The Kier molecular flexibility index (Phi) is 3.88. The summed E-state index contributed by atoms with van der Waals surface area (Å²) in [6, 6.07) is 0.0362. The topological polar surface area (TPSA) is 44.4 Å². The highest BCUT2D eigenvalue weighted by molar-refractivity contribution is 7.99. The molecule has 0 bridgehead atoms. The van der Waals surface area contributed by atoms with Gasteiger partial charge in [0.25, 0.3) is 0 Å². The van der Waals surface area contributed by atoms with Gasteiger partial charge in [-0.2, -0.15) is 0 Å². The minimum Gasteiger partial charge on any atom is -0.354 e. The summed E-state index contributed by atoms with van der Waals surface area (Å²) in [6.07, 6.45) is 1.21. The lowest BCUT2D eigenvalue weighted by molar-refractivity contribution is -0.122. The third kappa shape index (κ3) is 3.09. The van der Waals surface area contributed by atoms with E-state index in [1.807, 2.05) is 0 Å². The zero-order chi connectivity index (χ0) is 10.7. The van der Waals surface area contributed by atoms with E-state index in [1.54, 1.807) is 11.8 Å². The van der Waals surface area contributed by atoms with E-state index in [9.17, 15) is 4.79 Å². The lowest BCUT2D eigenvalue weighted by atomic mass is 10.1. The highest BCUT2D eigenvalue weighted by Gasteiger charge is 2.24. The summed E-state index contributed by atoms with van der Waals surface area (Å²) in [5.41, 5.74) is 0. The monoisotopic (exact) mass is 229 g/mol. The molecule has 2 saturated heterocycles. The summed E-state index contributed by atoms with van der Waals surface area (Å²) in [4.78, 5) is 14.0. The van der Waals surface area contributed by atoms with Crippen LogP contribution in [0, 0.1) is 5.92 Å². The van der Waals surface area contributed by atoms with Crippen molar-refractivity contribution in [1.29, 1.82) is 0 Å². The Hall–Kier alpha value is -0.260. The third-order valence-electron chi connectivity index (χ3n) is 3.09. The first-order valence-electron chi connectivity index (χ1n) is 5.53. The summed E-state index contributed by atoms with van der Waals surface area (Å²) in [5, 5.41) is 6.23. The van der Waals surface area contributed by atoms with Crippen molar-refractivity contribution in [2.24, 2.45) is 5.92 Å². The highest BCUT2D eigenvalue weighted by atomic mass is 32.2. The maximum Gasteiger partial charge on any atom is 0.238 e. The van der Waals surface area contributed by atoms with Crippen LogP contribution < -0.4 is 10.6 Å². The molecule has 2 fully saturated rings. The lowest BCUT2D eigenvalue weighted by Crippen LogP contribution is -2.43. The van der Waals surface area contributed by atoms with Gasteiger partial charge in [0.15, 0.2) is 0 Å². The minimum atomic E-state index is 0.0362. The van der Waals surface area contributed by atoms with Crippen LogP contribution >= 0.6 is 11.8 Å². The molecule has 2 aliphatic rings. The van der Waals surface area contributed by atoms with E-state index in [-0.39, 0.29) is 11.9 Å². The second-order valence-corrected chi connectivity index (χ2v) is 5.46. The first-order valence-corrected chi connectivity index (χ1v) is 6.68. The fourth-order valence-electron chi connectivity index (χ4n) is 2.12. The van der Waals surface area contributed by atoms with Crippen molar-refractivity contribution in [3.63, 3.8) is 0 Å². The van der Waals surface area contributed by atoms with Gasteiger partial charge in [-0.1, -0.05) is 0 Å². The van der Waals surface area contributed by atoms with Crippen molar-refractivity contribution in [1.82, 2.24) is 15.5 Å². The van der Waals surface area contributed by atoms with Gasteiger partial charge >= 0.3 is 0 Å². The second-order valence-electron chi connectivity index (χ2n) is 4.43. The van der Waals surface area contributed by atoms with E-state index in [1.165, 1.54) is 6.42 Å². The van der Waals surface area contributed by atoms with Gasteiger partial charge in [0.05, 0.1) is 6.04 Å². The number of hydrogen-bond acceptors (Lipinski definition) is 4. The zero-order valence-corrected chi connectivity index (χ0v) is 9.98. The van der Waals surface area contributed by atoms with Gasteiger partial charge < -0.3 is 10.2 Å².